The number of rotatable bonds is 4. The summed E-state index contributed by atoms with van der Waals surface area (Å²) in [5.41, 5.74) is 6.95. The van der Waals surface area contributed by atoms with Gasteiger partial charge in [0.05, 0.1) is 0 Å². The molecule has 0 aliphatic carbocycles. The van der Waals surface area contributed by atoms with Crippen molar-refractivity contribution in [3.8, 4) is 0 Å². The average Bonchev–Trinajstić information content (AvgIpc) is 1.98. The van der Waals surface area contributed by atoms with Gasteiger partial charge in [-0.15, -0.1) is 0 Å². The van der Waals surface area contributed by atoms with Crippen LogP contribution in [0.1, 0.15) is 26.7 Å². The maximum Gasteiger partial charge on any atom is 0.332 e. The minimum atomic E-state index is -0.618. The smallest absolute Gasteiger partial charge is 0.332 e. The fraction of sp³-hybridized carbons (Fsp3) is 0.714. The first-order chi connectivity index (χ1) is 5.20. The van der Waals surface area contributed by atoms with E-state index in [1.165, 1.54) is 0 Å². The van der Waals surface area contributed by atoms with Gasteiger partial charge in [-0.25, -0.2) is 10.2 Å². The molecule has 0 radical (unpaired) electrons. The van der Waals surface area contributed by atoms with E-state index < -0.39 is 6.03 Å². The van der Waals surface area contributed by atoms with Crippen molar-refractivity contribution in [1.82, 2.24) is 5.43 Å². The molecule has 0 fully saturated rings. The van der Waals surface area contributed by atoms with Crippen LogP contribution in [-0.4, -0.2) is 12.2 Å². The van der Waals surface area contributed by atoms with Gasteiger partial charge in [0.25, 0.3) is 0 Å². The summed E-state index contributed by atoms with van der Waals surface area (Å²) in [6, 6.07) is -0.618. The highest BCUT2D eigenvalue weighted by Gasteiger charge is 1.97. The van der Waals surface area contributed by atoms with Gasteiger partial charge in [-0.3, -0.25) is 0 Å². The topological polar surface area (TPSA) is 67.5 Å². The Morgan fingerprint density at radius 2 is 2.18 bits per heavy atom. The molecule has 0 aromatic carbocycles. The van der Waals surface area contributed by atoms with Crippen LogP contribution in [0.25, 0.3) is 0 Å². The number of hydrogen-bond donors (Lipinski definition) is 2. The van der Waals surface area contributed by atoms with E-state index in [2.05, 4.69) is 24.4 Å². The number of nitrogens with one attached hydrogen (secondary N) is 1. The minimum absolute atomic E-state index is 0.432. The predicted octanol–water partition coefficient (Wildman–Crippen LogP) is 1.08. The number of nitrogens with zero attached hydrogens (tertiary/aromatic N) is 1. The average molecular weight is 157 g/mol. The van der Waals surface area contributed by atoms with Crippen LogP contribution in [0.4, 0.5) is 4.79 Å². The van der Waals surface area contributed by atoms with Crippen LogP contribution >= 0.6 is 0 Å². The molecule has 0 saturated carbocycles. The molecule has 0 saturated heterocycles. The van der Waals surface area contributed by atoms with Crippen molar-refractivity contribution >= 4 is 12.2 Å². The van der Waals surface area contributed by atoms with Crippen molar-refractivity contribution in [2.45, 2.75) is 26.7 Å². The molecule has 0 aromatic rings. The first-order valence-electron chi connectivity index (χ1n) is 3.79. The van der Waals surface area contributed by atoms with Crippen molar-refractivity contribution in [3.05, 3.63) is 0 Å². The van der Waals surface area contributed by atoms with Gasteiger partial charge in [0, 0.05) is 6.21 Å². The second-order valence-corrected chi connectivity index (χ2v) is 2.33. The number of amides is 2. The van der Waals surface area contributed by atoms with E-state index in [-0.39, 0.29) is 0 Å². The molecule has 4 nitrogen and oxygen atoms in total. The van der Waals surface area contributed by atoms with E-state index in [1.54, 1.807) is 6.21 Å². The molecule has 0 heterocycles. The van der Waals surface area contributed by atoms with E-state index in [9.17, 15) is 4.79 Å². The monoisotopic (exact) mass is 157 g/mol. The van der Waals surface area contributed by atoms with Crippen LogP contribution in [0.15, 0.2) is 5.10 Å². The summed E-state index contributed by atoms with van der Waals surface area (Å²) in [7, 11) is 0. The van der Waals surface area contributed by atoms with Crippen LogP contribution in [0.3, 0.4) is 0 Å². The van der Waals surface area contributed by atoms with E-state index in [0.29, 0.717) is 5.92 Å². The van der Waals surface area contributed by atoms with Crippen molar-refractivity contribution in [2.75, 3.05) is 0 Å². The molecule has 0 rings (SSSR count). The Labute approximate surface area is 66.8 Å². The zero-order chi connectivity index (χ0) is 8.69. The maximum atomic E-state index is 10.2. The molecule has 0 aliphatic rings. The van der Waals surface area contributed by atoms with Gasteiger partial charge in [0.2, 0.25) is 0 Å². The van der Waals surface area contributed by atoms with Gasteiger partial charge in [0.15, 0.2) is 0 Å². The first-order valence-corrected chi connectivity index (χ1v) is 3.79. The number of hydrogen-bond acceptors (Lipinski definition) is 2. The Morgan fingerprint density at radius 1 is 1.64 bits per heavy atom. The van der Waals surface area contributed by atoms with Crippen LogP contribution in [0, 0.1) is 5.92 Å². The molecule has 4 heteroatoms. The lowest BCUT2D eigenvalue weighted by molar-refractivity contribution is 0.249. The van der Waals surface area contributed by atoms with Crippen molar-refractivity contribution < 1.29 is 4.79 Å². The molecular formula is C7H15N3O. The SMILES string of the molecule is CCC(/C=N/NC(N)=O)CC. The Balaban J connectivity index is 3.61. The van der Waals surface area contributed by atoms with Crippen molar-refractivity contribution in [2.24, 2.45) is 16.8 Å². The minimum Gasteiger partial charge on any atom is -0.350 e. The lowest BCUT2D eigenvalue weighted by atomic mass is 10.1. The standard InChI is InChI=1S/C7H15N3O/c1-3-6(4-2)5-9-10-7(8)11/h5-6H,3-4H2,1-2H3,(H3,8,10,11)/b9-5+. The summed E-state index contributed by atoms with van der Waals surface area (Å²) in [5.74, 6) is 0.432. The molecule has 11 heavy (non-hydrogen) atoms. The quantitative estimate of drug-likeness (QED) is 0.465. The molecule has 0 aliphatic heterocycles. The van der Waals surface area contributed by atoms with E-state index in [4.69, 9.17) is 5.73 Å². The van der Waals surface area contributed by atoms with Gasteiger partial charge in [0.1, 0.15) is 0 Å². The third kappa shape index (κ3) is 5.39. The van der Waals surface area contributed by atoms with Gasteiger partial charge in [-0.2, -0.15) is 5.10 Å². The molecule has 0 atom stereocenters. The van der Waals surface area contributed by atoms with E-state index >= 15 is 0 Å². The van der Waals surface area contributed by atoms with Gasteiger partial charge in [-0.05, 0) is 18.8 Å². The maximum absolute atomic E-state index is 10.2. The molecular weight excluding hydrogens is 142 g/mol. The Morgan fingerprint density at radius 3 is 2.55 bits per heavy atom. The fourth-order valence-electron chi connectivity index (χ4n) is 0.706. The zero-order valence-electron chi connectivity index (χ0n) is 7.00. The van der Waals surface area contributed by atoms with Gasteiger partial charge >= 0.3 is 6.03 Å². The first kappa shape index (κ1) is 9.94. The Hall–Kier alpha value is -1.06. The van der Waals surface area contributed by atoms with E-state index in [1.807, 2.05) is 0 Å². The summed E-state index contributed by atoms with van der Waals surface area (Å²) >= 11 is 0. The van der Waals surface area contributed by atoms with Crippen LogP contribution < -0.4 is 11.2 Å². The number of urea groups is 1. The second-order valence-electron chi connectivity index (χ2n) is 2.33. The third-order valence-corrected chi connectivity index (χ3v) is 1.51. The zero-order valence-corrected chi connectivity index (χ0v) is 7.00. The highest BCUT2D eigenvalue weighted by Crippen LogP contribution is 2.02. The number of carbonyl (C=O) groups excluding carboxylic acids is 1. The van der Waals surface area contributed by atoms with Crippen molar-refractivity contribution in [1.29, 1.82) is 0 Å². The normalized spacial score (nSPS) is 10.8. The van der Waals surface area contributed by atoms with E-state index in [0.717, 1.165) is 12.8 Å². The Bertz CT molecular complexity index is 141. The highest BCUT2D eigenvalue weighted by molar-refractivity contribution is 5.73. The van der Waals surface area contributed by atoms with Gasteiger partial charge < -0.3 is 5.73 Å². The third-order valence-electron chi connectivity index (χ3n) is 1.51. The number of carbonyl (C=O) groups is 1. The van der Waals surface area contributed by atoms with Crippen LogP contribution in [-0.2, 0) is 0 Å². The summed E-state index contributed by atoms with van der Waals surface area (Å²) in [5, 5.41) is 3.66. The number of nitrogens with two attached hydrogens (primary N) is 1. The largest absolute Gasteiger partial charge is 0.350 e. The summed E-state index contributed by atoms with van der Waals surface area (Å²) in [6.45, 7) is 4.15. The summed E-state index contributed by atoms with van der Waals surface area (Å²) < 4.78 is 0. The lowest BCUT2D eigenvalue weighted by Crippen LogP contribution is -2.24. The molecule has 0 unspecified atom stereocenters. The fourth-order valence-corrected chi connectivity index (χ4v) is 0.706. The summed E-state index contributed by atoms with van der Waals surface area (Å²) in [6.07, 6.45) is 3.77. The van der Waals surface area contributed by atoms with Crippen LogP contribution in [0.2, 0.25) is 0 Å². The number of primary amides is 1. The molecule has 3 N–H and O–H groups in total. The molecule has 2 amide bonds. The highest BCUT2D eigenvalue weighted by atomic mass is 16.2. The van der Waals surface area contributed by atoms with Crippen molar-refractivity contribution in [3.63, 3.8) is 0 Å². The Kier molecular flexibility index (Phi) is 5.15. The molecule has 64 valence electrons. The van der Waals surface area contributed by atoms with Crippen LogP contribution in [0.5, 0.6) is 0 Å². The molecule has 0 spiro atoms. The summed E-state index contributed by atoms with van der Waals surface area (Å²) in [4.78, 5) is 10.2. The molecule has 0 aromatic heterocycles. The van der Waals surface area contributed by atoms with Gasteiger partial charge in [-0.1, -0.05) is 13.8 Å². The second kappa shape index (κ2) is 5.70. The molecule has 0 bridgehead atoms. The lowest BCUT2D eigenvalue weighted by Gasteiger charge is -2.02. The number of hydrazone groups is 1. The predicted molar refractivity (Wildman–Crippen MR) is 45.3 cm³/mol.